The Morgan fingerprint density at radius 2 is 2.18 bits per heavy atom. The molecule has 1 aliphatic rings. The first-order valence-corrected chi connectivity index (χ1v) is 5.60. The molecule has 4 nitrogen and oxygen atoms in total. The minimum atomic E-state index is -0.672. The van der Waals surface area contributed by atoms with Gasteiger partial charge in [-0.3, -0.25) is 4.79 Å². The lowest BCUT2D eigenvalue weighted by Gasteiger charge is -2.39. The van der Waals surface area contributed by atoms with Crippen LogP contribution in [0.1, 0.15) is 33.6 Å². The molecular weight excluding hydrogens is 240 g/mol. The summed E-state index contributed by atoms with van der Waals surface area (Å²) in [6.45, 7) is 9.56. The van der Waals surface area contributed by atoms with Gasteiger partial charge in [0.15, 0.2) is 5.79 Å². The van der Waals surface area contributed by atoms with Gasteiger partial charge in [-0.1, -0.05) is 6.08 Å². The number of esters is 1. The van der Waals surface area contributed by atoms with Gasteiger partial charge in [0.1, 0.15) is 0 Å². The monoisotopic (exact) mass is 262 g/mol. The van der Waals surface area contributed by atoms with Crippen LogP contribution in [0.5, 0.6) is 0 Å². The average Bonchev–Trinajstić information content (AvgIpc) is 2.15. The van der Waals surface area contributed by atoms with E-state index in [1.807, 2.05) is 13.8 Å². The zero-order chi connectivity index (χ0) is 12.2. The van der Waals surface area contributed by atoms with Gasteiger partial charge >= 0.3 is 5.97 Å². The lowest BCUT2D eigenvalue weighted by molar-refractivity contribution is -0.290. The molecule has 1 rings (SSSR count). The summed E-state index contributed by atoms with van der Waals surface area (Å²) in [6, 6.07) is 0. The first-order valence-electron chi connectivity index (χ1n) is 5.60. The fraction of sp³-hybridized carbons (Fsp3) is 0.750. The van der Waals surface area contributed by atoms with E-state index in [9.17, 15) is 4.79 Å². The molecule has 0 spiro atoms. The third-order valence-electron chi connectivity index (χ3n) is 2.34. The molecule has 0 aliphatic carbocycles. The molecule has 0 bridgehead atoms. The Morgan fingerprint density at radius 3 is 2.71 bits per heavy atom. The van der Waals surface area contributed by atoms with E-state index in [1.165, 1.54) is 0 Å². The zero-order valence-electron chi connectivity index (χ0n) is 10.7. The van der Waals surface area contributed by atoms with Crippen molar-refractivity contribution in [1.82, 2.24) is 0 Å². The van der Waals surface area contributed by atoms with Crippen molar-refractivity contribution < 1.29 is 19.0 Å². The molecule has 0 unspecified atom stereocenters. The number of carbonyl (C=O) groups excluding carboxylic acids is 1. The van der Waals surface area contributed by atoms with Crippen molar-refractivity contribution in [3.8, 4) is 0 Å². The van der Waals surface area contributed by atoms with Gasteiger partial charge in [0.05, 0.1) is 25.2 Å². The van der Waals surface area contributed by atoms with Crippen molar-refractivity contribution in [3.05, 3.63) is 12.7 Å². The van der Waals surface area contributed by atoms with Crippen LogP contribution in [0, 0.1) is 0 Å². The Balaban J connectivity index is 0.00000256. The molecule has 0 aromatic rings. The van der Waals surface area contributed by atoms with E-state index in [0.717, 1.165) is 0 Å². The predicted octanol–water partition coefficient (Wildman–Crippen LogP) is 2.15. The van der Waals surface area contributed by atoms with Crippen LogP contribution >= 0.6 is 13.5 Å². The standard InChI is InChI=1S/C12H20O4.H2S/c1-5-9-7-10(8-11(13)14-6-2)16-12(3,4)15-9;/h5,9-10H,1,6-8H2,2-4H3;1H2/t9-,10-;/m1./s1. The highest BCUT2D eigenvalue weighted by atomic mass is 32.1. The van der Waals surface area contributed by atoms with Crippen LogP contribution in [0.15, 0.2) is 12.7 Å². The van der Waals surface area contributed by atoms with E-state index in [2.05, 4.69) is 6.58 Å². The molecule has 5 heteroatoms. The minimum absolute atomic E-state index is 0. The van der Waals surface area contributed by atoms with Crippen LogP contribution in [0.2, 0.25) is 0 Å². The normalized spacial score (nSPS) is 26.8. The Kier molecular flexibility index (Phi) is 6.82. The van der Waals surface area contributed by atoms with Gasteiger partial charge in [-0.05, 0) is 20.8 Å². The maximum absolute atomic E-state index is 11.3. The SMILES string of the molecule is C=C[C@@H]1C[C@H](CC(=O)OCC)OC(C)(C)O1.S. The van der Waals surface area contributed by atoms with Crippen LogP contribution in [-0.2, 0) is 19.0 Å². The van der Waals surface area contributed by atoms with Crippen molar-refractivity contribution >= 4 is 19.5 Å². The molecule has 1 fully saturated rings. The fourth-order valence-electron chi connectivity index (χ4n) is 1.82. The predicted molar refractivity (Wildman–Crippen MR) is 70.3 cm³/mol. The summed E-state index contributed by atoms with van der Waals surface area (Å²) in [5.41, 5.74) is 0. The first-order chi connectivity index (χ1) is 7.46. The molecule has 1 aliphatic heterocycles. The van der Waals surface area contributed by atoms with Gasteiger partial charge < -0.3 is 14.2 Å². The van der Waals surface area contributed by atoms with Gasteiger partial charge in [0.2, 0.25) is 0 Å². The second kappa shape index (κ2) is 7.03. The Hall–Kier alpha value is -0.520. The third kappa shape index (κ3) is 5.57. The summed E-state index contributed by atoms with van der Waals surface area (Å²) in [4.78, 5) is 11.3. The lowest BCUT2D eigenvalue weighted by Crippen LogP contribution is -2.44. The third-order valence-corrected chi connectivity index (χ3v) is 2.34. The van der Waals surface area contributed by atoms with E-state index < -0.39 is 5.79 Å². The second-order valence-electron chi connectivity index (χ2n) is 4.28. The highest BCUT2D eigenvalue weighted by Crippen LogP contribution is 2.28. The molecule has 0 radical (unpaired) electrons. The van der Waals surface area contributed by atoms with Crippen molar-refractivity contribution in [2.45, 2.75) is 51.6 Å². The van der Waals surface area contributed by atoms with Gasteiger partial charge in [-0.25, -0.2) is 0 Å². The van der Waals surface area contributed by atoms with E-state index in [-0.39, 0.29) is 38.1 Å². The van der Waals surface area contributed by atoms with Crippen LogP contribution < -0.4 is 0 Å². The van der Waals surface area contributed by atoms with Crippen LogP contribution in [0.25, 0.3) is 0 Å². The molecule has 0 amide bonds. The van der Waals surface area contributed by atoms with Crippen LogP contribution in [-0.4, -0.2) is 30.6 Å². The molecular formula is C12H22O4S. The summed E-state index contributed by atoms with van der Waals surface area (Å²) in [6.07, 6.45) is 2.42. The van der Waals surface area contributed by atoms with Gasteiger partial charge in [-0.2, -0.15) is 13.5 Å². The number of hydrogen-bond acceptors (Lipinski definition) is 4. The second-order valence-corrected chi connectivity index (χ2v) is 4.28. The highest BCUT2D eigenvalue weighted by molar-refractivity contribution is 7.59. The van der Waals surface area contributed by atoms with E-state index in [4.69, 9.17) is 14.2 Å². The van der Waals surface area contributed by atoms with Crippen molar-refractivity contribution in [3.63, 3.8) is 0 Å². The van der Waals surface area contributed by atoms with E-state index in [0.29, 0.717) is 13.0 Å². The highest BCUT2D eigenvalue weighted by Gasteiger charge is 2.35. The Morgan fingerprint density at radius 1 is 1.53 bits per heavy atom. The molecule has 17 heavy (non-hydrogen) atoms. The summed E-state index contributed by atoms with van der Waals surface area (Å²) in [5.74, 6) is -0.901. The van der Waals surface area contributed by atoms with Crippen LogP contribution in [0.3, 0.4) is 0 Å². The number of rotatable bonds is 4. The molecule has 0 N–H and O–H groups in total. The molecule has 2 atom stereocenters. The number of ether oxygens (including phenoxy) is 3. The number of hydrogen-bond donors (Lipinski definition) is 0. The zero-order valence-corrected chi connectivity index (χ0v) is 11.7. The van der Waals surface area contributed by atoms with E-state index >= 15 is 0 Å². The quantitative estimate of drug-likeness (QED) is 0.575. The molecule has 0 aromatic heterocycles. The smallest absolute Gasteiger partial charge is 0.308 e. The maximum Gasteiger partial charge on any atom is 0.308 e. The summed E-state index contributed by atoms with van der Waals surface area (Å²) >= 11 is 0. The summed E-state index contributed by atoms with van der Waals surface area (Å²) in [5, 5.41) is 0. The first kappa shape index (κ1) is 16.5. The maximum atomic E-state index is 11.3. The van der Waals surface area contributed by atoms with Crippen LogP contribution in [0.4, 0.5) is 0 Å². The van der Waals surface area contributed by atoms with Crippen molar-refractivity contribution in [1.29, 1.82) is 0 Å². The average molecular weight is 262 g/mol. The molecule has 0 saturated carbocycles. The lowest BCUT2D eigenvalue weighted by atomic mass is 10.1. The Labute approximate surface area is 110 Å². The van der Waals surface area contributed by atoms with E-state index in [1.54, 1.807) is 13.0 Å². The summed E-state index contributed by atoms with van der Waals surface area (Å²) < 4.78 is 16.2. The minimum Gasteiger partial charge on any atom is -0.466 e. The number of carbonyl (C=O) groups is 1. The molecule has 0 aromatic carbocycles. The summed E-state index contributed by atoms with van der Waals surface area (Å²) in [7, 11) is 0. The van der Waals surface area contributed by atoms with Gasteiger partial charge in [0.25, 0.3) is 0 Å². The largest absolute Gasteiger partial charge is 0.466 e. The van der Waals surface area contributed by atoms with Gasteiger partial charge in [-0.15, -0.1) is 6.58 Å². The Bertz CT molecular complexity index is 265. The molecule has 100 valence electrons. The molecule has 1 heterocycles. The topological polar surface area (TPSA) is 44.8 Å². The molecule has 1 saturated heterocycles. The fourth-order valence-corrected chi connectivity index (χ4v) is 1.82. The van der Waals surface area contributed by atoms with Gasteiger partial charge in [0, 0.05) is 6.42 Å². The van der Waals surface area contributed by atoms with Crippen molar-refractivity contribution in [2.75, 3.05) is 6.61 Å². The van der Waals surface area contributed by atoms with Crippen molar-refractivity contribution in [2.24, 2.45) is 0 Å².